The standard InChI is InChI=1S/C13H14N4O4/c1-2-8-6-16(13(19)15-12(8)18)7-9-5-10(17(20)21)3-4-11(9)14/h3-6H,2,7,14H2,1H3,(H,15,18,19). The molecule has 0 unspecified atom stereocenters. The van der Waals surface area contributed by atoms with Gasteiger partial charge in [-0.2, -0.15) is 0 Å². The van der Waals surface area contributed by atoms with Crippen LogP contribution < -0.4 is 17.0 Å². The SMILES string of the molecule is CCc1cn(Cc2cc([N+](=O)[O-])ccc2N)c(=O)[nH]c1=O. The summed E-state index contributed by atoms with van der Waals surface area (Å²) in [6.45, 7) is 1.84. The maximum atomic E-state index is 11.8. The van der Waals surface area contributed by atoms with E-state index < -0.39 is 16.2 Å². The van der Waals surface area contributed by atoms with Crippen molar-refractivity contribution >= 4 is 11.4 Å². The van der Waals surface area contributed by atoms with Gasteiger partial charge in [0.15, 0.2) is 0 Å². The highest BCUT2D eigenvalue weighted by Gasteiger charge is 2.11. The molecule has 0 aliphatic carbocycles. The van der Waals surface area contributed by atoms with E-state index in [4.69, 9.17) is 5.73 Å². The Labute approximate surface area is 119 Å². The van der Waals surface area contributed by atoms with Crippen LogP contribution in [0.5, 0.6) is 0 Å². The predicted molar refractivity (Wildman–Crippen MR) is 77.3 cm³/mol. The van der Waals surface area contributed by atoms with Crippen molar-refractivity contribution in [2.75, 3.05) is 5.73 Å². The first-order valence-corrected chi connectivity index (χ1v) is 6.27. The van der Waals surface area contributed by atoms with Crippen LogP contribution in [0.3, 0.4) is 0 Å². The number of nitrogen functional groups attached to an aromatic ring is 1. The van der Waals surface area contributed by atoms with Gasteiger partial charge in [0, 0.05) is 35.1 Å². The summed E-state index contributed by atoms with van der Waals surface area (Å²) in [4.78, 5) is 35.7. The summed E-state index contributed by atoms with van der Waals surface area (Å²) in [5.74, 6) is 0. The highest BCUT2D eigenvalue weighted by molar-refractivity contribution is 5.52. The molecule has 110 valence electrons. The Morgan fingerprint density at radius 1 is 1.33 bits per heavy atom. The normalized spacial score (nSPS) is 10.5. The maximum Gasteiger partial charge on any atom is 0.328 e. The van der Waals surface area contributed by atoms with Crippen molar-refractivity contribution in [2.24, 2.45) is 0 Å². The molecule has 0 aliphatic heterocycles. The van der Waals surface area contributed by atoms with Gasteiger partial charge in [-0.1, -0.05) is 6.92 Å². The highest BCUT2D eigenvalue weighted by Crippen LogP contribution is 2.20. The third-order valence-corrected chi connectivity index (χ3v) is 3.14. The fourth-order valence-electron chi connectivity index (χ4n) is 1.95. The number of aromatic amines is 1. The Hall–Kier alpha value is -2.90. The minimum absolute atomic E-state index is 0.0517. The van der Waals surface area contributed by atoms with Gasteiger partial charge in [-0.15, -0.1) is 0 Å². The number of nitro groups is 1. The van der Waals surface area contributed by atoms with Gasteiger partial charge >= 0.3 is 5.69 Å². The molecule has 1 heterocycles. The zero-order valence-electron chi connectivity index (χ0n) is 11.3. The van der Waals surface area contributed by atoms with E-state index in [0.717, 1.165) is 0 Å². The smallest absolute Gasteiger partial charge is 0.328 e. The molecule has 3 N–H and O–H groups in total. The number of nitrogens with zero attached hydrogens (tertiary/aromatic N) is 2. The molecule has 0 aliphatic rings. The Balaban J connectivity index is 2.47. The van der Waals surface area contributed by atoms with Crippen molar-refractivity contribution in [1.82, 2.24) is 9.55 Å². The summed E-state index contributed by atoms with van der Waals surface area (Å²) in [5.41, 5.74) is 5.91. The lowest BCUT2D eigenvalue weighted by Crippen LogP contribution is -2.32. The van der Waals surface area contributed by atoms with Crippen LogP contribution in [0, 0.1) is 10.1 Å². The Morgan fingerprint density at radius 2 is 2.05 bits per heavy atom. The lowest BCUT2D eigenvalue weighted by atomic mass is 10.1. The fraction of sp³-hybridized carbons (Fsp3) is 0.231. The quantitative estimate of drug-likeness (QED) is 0.485. The number of aryl methyl sites for hydroxylation is 1. The summed E-state index contributed by atoms with van der Waals surface area (Å²) in [6.07, 6.45) is 1.92. The van der Waals surface area contributed by atoms with Crippen LogP contribution in [0.15, 0.2) is 34.0 Å². The number of nitrogens with one attached hydrogen (secondary N) is 1. The maximum absolute atomic E-state index is 11.8. The molecule has 0 amide bonds. The van der Waals surface area contributed by atoms with Gasteiger partial charge in [0.2, 0.25) is 0 Å². The molecule has 8 heteroatoms. The number of anilines is 1. The monoisotopic (exact) mass is 290 g/mol. The van der Waals surface area contributed by atoms with Crippen LogP contribution in [0.25, 0.3) is 0 Å². The van der Waals surface area contributed by atoms with Gasteiger partial charge in [0.1, 0.15) is 0 Å². The Morgan fingerprint density at radius 3 is 2.67 bits per heavy atom. The fourth-order valence-corrected chi connectivity index (χ4v) is 1.95. The van der Waals surface area contributed by atoms with Crippen molar-refractivity contribution in [3.63, 3.8) is 0 Å². The molecule has 2 aromatic rings. The Kier molecular flexibility index (Phi) is 3.88. The second-order valence-electron chi connectivity index (χ2n) is 4.54. The minimum Gasteiger partial charge on any atom is -0.398 e. The van der Waals surface area contributed by atoms with E-state index in [9.17, 15) is 19.7 Å². The number of nitrogens with two attached hydrogens (primary N) is 1. The second-order valence-corrected chi connectivity index (χ2v) is 4.54. The average Bonchev–Trinajstić information content (AvgIpc) is 2.43. The number of non-ortho nitro benzene ring substituents is 1. The molecule has 0 atom stereocenters. The van der Waals surface area contributed by atoms with E-state index in [-0.39, 0.29) is 12.2 Å². The lowest BCUT2D eigenvalue weighted by molar-refractivity contribution is -0.384. The van der Waals surface area contributed by atoms with Crippen LogP contribution in [-0.4, -0.2) is 14.5 Å². The molecule has 8 nitrogen and oxygen atoms in total. The minimum atomic E-state index is -0.580. The first-order valence-electron chi connectivity index (χ1n) is 6.27. The molecule has 21 heavy (non-hydrogen) atoms. The van der Waals surface area contributed by atoms with Crippen molar-refractivity contribution in [3.05, 3.63) is 66.5 Å². The molecule has 0 saturated heterocycles. The van der Waals surface area contributed by atoms with Crippen molar-refractivity contribution in [1.29, 1.82) is 0 Å². The number of aromatic nitrogens is 2. The van der Waals surface area contributed by atoms with E-state index in [2.05, 4.69) is 4.98 Å². The predicted octanol–water partition coefficient (Wildman–Crippen LogP) is 0.638. The van der Waals surface area contributed by atoms with Crippen molar-refractivity contribution in [2.45, 2.75) is 19.9 Å². The average molecular weight is 290 g/mol. The molecule has 1 aromatic carbocycles. The first-order chi connectivity index (χ1) is 9.92. The zero-order chi connectivity index (χ0) is 15.6. The number of benzene rings is 1. The van der Waals surface area contributed by atoms with Crippen LogP contribution in [0.1, 0.15) is 18.1 Å². The van der Waals surface area contributed by atoms with Crippen LogP contribution in [0.2, 0.25) is 0 Å². The summed E-state index contributed by atoms with van der Waals surface area (Å²) in [7, 11) is 0. The molecule has 0 bridgehead atoms. The summed E-state index contributed by atoms with van der Waals surface area (Å²) < 4.78 is 1.27. The Bertz CT molecular complexity index is 807. The number of rotatable bonds is 4. The molecule has 0 saturated carbocycles. The lowest BCUT2D eigenvalue weighted by Gasteiger charge is -2.09. The molecular formula is C13H14N4O4. The largest absolute Gasteiger partial charge is 0.398 e. The van der Waals surface area contributed by atoms with Crippen LogP contribution >= 0.6 is 0 Å². The van der Waals surface area contributed by atoms with Gasteiger partial charge in [0.25, 0.3) is 11.2 Å². The van der Waals surface area contributed by atoms with Crippen LogP contribution in [-0.2, 0) is 13.0 Å². The second kappa shape index (κ2) is 5.61. The van der Waals surface area contributed by atoms with Crippen molar-refractivity contribution in [3.8, 4) is 0 Å². The highest BCUT2D eigenvalue weighted by atomic mass is 16.6. The third-order valence-electron chi connectivity index (χ3n) is 3.14. The van der Waals surface area contributed by atoms with E-state index in [1.54, 1.807) is 6.92 Å². The van der Waals surface area contributed by atoms with Gasteiger partial charge in [-0.05, 0) is 12.5 Å². The molecular weight excluding hydrogens is 276 g/mol. The zero-order valence-corrected chi connectivity index (χ0v) is 11.3. The van der Waals surface area contributed by atoms with E-state index in [1.807, 2.05) is 0 Å². The molecule has 0 fully saturated rings. The van der Waals surface area contributed by atoms with E-state index >= 15 is 0 Å². The van der Waals surface area contributed by atoms with Gasteiger partial charge in [-0.3, -0.25) is 24.5 Å². The van der Waals surface area contributed by atoms with Gasteiger partial charge in [0.05, 0.1) is 11.5 Å². The van der Waals surface area contributed by atoms with Crippen LogP contribution in [0.4, 0.5) is 11.4 Å². The number of hydrogen-bond donors (Lipinski definition) is 2. The summed E-state index contributed by atoms with van der Waals surface area (Å²) in [6, 6.07) is 4.04. The summed E-state index contributed by atoms with van der Waals surface area (Å²) >= 11 is 0. The first kappa shape index (κ1) is 14.5. The number of hydrogen-bond acceptors (Lipinski definition) is 5. The van der Waals surface area contributed by atoms with Gasteiger partial charge in [-0.25, -0.2) is 4.79 Å². The van der Waals surface area contributed by atoms with Crippen molar-refractivity contribution < 1.29 is 4.92 Å². The van der Waals surface area contributed by atoms with Gasteiger partial charge < -0.3 is 5.73 Å². The number of nitro benzene ring substituents is 1. The summed E-state index contributed by atoms with van der Waals surface area (Å²) in [5, 5.41) is 10.8. The molecule has 0 spiro atoms. The van der Waals surface area contributed by atoms with E-state index in [0.29, 0.717) is 23.2 Å². The molecule has 1 aromatic heterocycles. The topological polar surface area (TPSA) is 124 Å². The number of H-pyrrole nitrogens is 1. The molecule has 0 radical (unpaired) electrons. The molecule has 2 rings (SSSR count). The third kappa shape index (κ3) is 2.99. The van der Waals surface area contributed by atoms with E-state index in [1.165, 1.54) is 29.0 Å².